The Morgan fingerprint density at radius 1 is 1.36 bits per heavy atom. The topological polar surface area (TPSA) is 91.4 Å². The van der Waals surface area contributed by atoms with Gasteiger partial charge in [-0.15, -0.1) is 0 Å². The smallest absolute Gasteiger partial charge is 0.265 e. The highest BCUT2D eigenvalue weighted by Crippen LogP contribution is 2.28. The lowest BCUT2D eigenvalue weighted by atomic mass is 10.1. The van der Waals surface area contributed by atoms with E-state index in [1.54, 1.807) is 26.0 Å². The zero-order valence-corrected chi connectivity index (χ0v) is 13.0. The summed E-state index contributed by atoms with van der Waals surface area (Å²) < 4.78 is 5.02. The largest absolute Gasteiger partial charge is 0.507 e. The van der Waals surface area contributed by atoms with E-state index in [4.69, 9.17) is 16.3 Å². The number of carbonyl (C=O) groups is 1. The van der Waals surface area contributed by atoms with Gasteiger partial charge in [-0.2, -0.15) is 0 Å². The maximum Gasteiger partial charge on any atom is 0.265 e. The lowest BCUT2D eigenvalue weighted by molar-refractivity contribution is 0.102. The van der Waals surface area contributed by atoms with E-state index in [0.29, 0.717) is 27.7 Å². The summed E-state index contributed by atoms with van der Waals surface area (Å²) in [5.41, 5.74) is 0.338. The lowest BCUT2D eigenvalue weighted by Gasteiger charge is -2.10. The van der Waals surface area contributed by atoms with E-state index in [9.17, 15) is 14.7 Å². The summed E-state index contributed by atoms with van der Waals surface area (Å²) in [5, 5.41) is 12.9. The molecule has 0 atom stereocenters. The molecule has 116 valence electrons. The molecule has 3 N–H and O–H groups in total. The number of benzene rings is 1. The molecule has 0 saturated carbocycles. The summed E-state index contributed by atoms with van der Waals surface area (Å²) in [7, 11) is 1.48. The molecule has 1 aromatic heterocycles. The van der Waals surface area contributed by atoms with E-state index in [0.717, 1.165) is 0 Å². The molecule has 0 aliphatic rings. The SMILES string of the molecule is COc1ccc(NC(=O)c2c(O)c(C)c(C)[nH]c2=O)cc1Cl. The number of H-pyrrole nitrogens is 1. The number of nitrogens with one attached hydrogen (secondary N) is 2. The number of aromatic nitrogens is 1. The van der Waals surface area contributed by atoms with Crippen molar-refractivity contribution in [1.82, 2.24) is 4.98 Å². The lowest BCUT2D eigenvalue weighted by Crippen LogP contribution is -2.24. The second-order valence-corrected chi connectivity index (χ2v) is 5.14. The van der Waals surface area contributed by atoms with Crippen LogP contribution in [-0.4, -0.2) is 23.1 Å². The Balaban J connectivity index is 2.36. The van der Waals surface area contributed by atoms with E-state index in [-0.39, 0.29) is 11.3 Å². The average Bonchev–Trinajstić information content (AvgIpc) is 2.45. The number of halogens is 1. The average molecular weight is 323 g/mol. The van der Waals surface area contributed by atoms with Crippen molar-refractivity contribution >= 4 is 23.2 Å². The molecule has 1 aromatic carbocycles. The number of ether oxygens (including phenoxy) is 1. The highest BCUT2D eigenvalue weighted by Gasteiger charge is 2.19. The highest BCUT2D eigenvalue weighted by molar-refractivity contribution is 6.32. The summed E-state index contributed by atoms with van der Waals surface area (Å²) in [5.74, 6) is -0.590. The van der Waals surface area contributed by atoms with Crippen LogP contribution < -0.4 is 15.6 Å². The summed E-state index contributed by atoms with van der Waals surface area (Å²) >= 11 is 5.97. The molecule has 0 aliphatic carbocycles. The molecule has 2 rings (SSSR count). The van der Waals surface area contributed by atoms with Crippen LogP contribution >= 0.6 is 11.6 Å². The number of pyridine rings is 1. The van der Waals surface area contributed by atoms with Gasteiger partial charge in [0.15, 0.2) is 0 Å². The van der Waals surface area contributed by atoms with Crippen LogP contribution in [0.5, 0.6) is 11.5 Å². The molecule has 0 unspecified atom stereocenters. The van der Waals surface area contributed by atoms with E-state index in [1.807, 2.05) is 0 Å². The Bertz CT molecular complexity index is 799. The first kappa shape index (κ1) is 15.9. The molecule has 7 heteroatoms. The molecule has 0 saturated heterocycles. The van der Waals surface area contributed by atoms with E-state index in [2.05, 4.69) is 10.3 Å². The minimum atomic E-state index is -0.719. The van der Waals surface area contributed by atoms with Gasteiger partial charge in [0.05, 0.1) is 12.1 Å². The fourth-order valence-electron chi connectivity index (χ4n) is 1.95. The van der Waals surface area contributed by atoms with Gasteiger partial charge in [-0.05, 0) is 32.0 Å². The quantitative estimate of drug-likeness (QED) is 0.810. The molecule has 22 heavy (non-hydrogen) atoms. The molecular weight excluding hydrogens is 308 g/mol. The number of hydrogen-bond donors (Lipinski definition) is 3. The Hall–Kier alpha value is -2.47. The molecule has 0 fully saturated rings. The molecule has 0 aliphatic heterocycles. The number of amides is 1. The minimum absolute atomic E-state index is 0.318. The molecular formula is C15H15ClN2O4. The number of hydrogen-bond acceptors (Lipinski definition) is 4. The van der Waals surface area contributed by atoms with Gasteiger partial charge in [-0.1, -0.05) is 11.6 Å². The number of methoxy groups -OCH3 is 1. The van der Waals surface area contributed by atoms with Crippen LogP contribution in [0.3, 0.4) is 0 Å². The third-order valence-corrected chi connectivity index (χ3v) is 3.61. The van der Waals surface area contributed by atoms with Gasteiger partial charge >= 0.3 is 0 Å². The van der Waals surface area contributed by atoms with Gasteiger partial charge in [0.1, 0.15) is 17.1 Å². The molecule has 0 bridgehead atoms. The van der Waals surface area contributed by atoms with Crippen molar-refractivity contribution < 1.29 is 14.6 Å². The number of carbonyl (C=O) groups excluding carboxylic acids is 1. The number of aromatic hydroxyl groups is 1. The van der Waals surface area contributed by atoms with E-state index in [1.165, 1.54) is 13.2 Å². The molecule has 1 amide bonds. The van der Waals surface area contributed by atoms with Crippen LogP contribution in [-0.2, 0) is 0 Å². The van der Waals surface area contributed by atoms with Gasteiger partial charge in [-0.25, -0.2) is 0 Å². The first-order valence-electron chi connectivity index (χ1n) is 6.42. The first-order chi connectivity index (χ1) is 10.3. The maximum atomic E-state index is 12.2. The second kappa shape index (κ2) is 6.11. The number of aryl methyl sites for hydroxylation is 1. The van der Waals surface area contributed by atoms with Crippen LogP contribution in [0.1, 0.15) is 21.6 Å². The van der Waals surface area contributed by atoms with Crippen molar-refractivity contribution in [3.8, 4) is 11.5 Å². The zero-order chi connectivity index (χ0) is 16.4. The Kier molecular flexibility index (Phi) is 4.42. The number of aromatic amines is 1. The highest BCUT2D eigenvalue weighted by atomic mass is 35.5. The van der Waals surface area contributed by atoms with Gasteiger partial charge in [0, 0.05) is 16.9 Å². The summed E-state index contributed by atoms with van der Waals surface area (Å²) in [6.45, 7) is 3.25. The monoisotopic (exact) mass is 322 g/mol. The fraction of sp³-hybridized carbons (Fsp3) is 0.200. The summed E-state index contributed by atoms with van der Waals surface area (Å²) in [6.07, 6.45) is 0. The predicted octanol–water partition coefficient (Wildman–Crippen LogP) is 2.61. The molecule has 6 nitrogen and oxygen atoms in total. The van der Waals surface area contributed by atoms with E-state index < -0.39 is 11.5 Å². The van der Waals surface area contributed by atoms with Gasteiger partial charge in [-0.3, -0.25) is 9.59 Å². The molecule has 2 aromatic rings. The fourth-order valence-corrected chi connectivity index (χ4v) is 2.21. The van der Waals surface area contributed by atoms with Crippen molar-refractivity contribution in [2.75, 3.05) is 12.4 Å². The van der Waals surface area contributed by atoms with Gasteiger partial charge in [0.25, 0.3) is 11.5 Å². The first-order valence-corrected chi connectivity index (χ1v) is 6.80. The normalized spacial score (nSPS) is 10.4. The Morgan fingerprint density at radius 2 is 2.05 bits per heavy atom. The van der Waals surface area contributed by atoms with Crippen molar-refractivity contribution in [2.45, 2.75) is 13.8 Å². The maximum absolute atomic E-state index is 12.2. The zero-order valence-electron chi connectivity index (χ0n) is 12.3. The standard InChI is InChI=1S/C15H15ClN2O4/c1-7-8(2)17-14(20)12(13(7)19)15(21)18-9-4-5-11(22-3)10(16)6-9/h4-6H,1-3H3,(H,18,21)(H2,17,19,20). The Labute approximate surface area is 131 Å². The van der Waals surface area contributed by atoms with Crippen molar-refractivity contribution in [2.24, 2.45) is 0 Å². The van der Waals surface area contributed by atoms with Crippen LogP contribution in [0.15, 0.2) is 23.0 Å². The van der Waals surface area contributed by atoms with Crippen molar-refractivity contribution in [3.05, 3.63) is 50.4 Å². The third kappa shape index (κ3) is 2.92. The number of anilines is 1. The van der Waals surface area contributed by atoms with Crippen LogP contribution in [0, 0.1) is 13.8 Å². The third-order valence-electron chi connectivity index (χ3n) is 3.32. The minimum Gasteiger partial charge on any atom is -0.507 e. The van der Waals surface area contributed by atoms with Crippen molar-refractivity contribution in [3.63, 3.8) is 0 Å². The molecule has 0 radical (unpaired) electrons. The molecule has 1 heterocycles. The van der Waals surface area contributed by atoms with Crippen molar-refractivity contribution in [1.29, 1.82) is 0 Å². The van der Waals surface area contributed by atoms with Crippen LogP contribution in [0.25, 0.3) is 0 Å². The van der Waals surface area contributed by atoms with Crippen LogP contribution in [0.2, 0.25) is 5.02 Å². The summed E-state index contributed by atoms with van der Waals surface area (Å²) in [4.78, 5) is 26.6. The molecule has 0 spiro atoms. The number of rotatable bonds is 3. The second-order valence-electron chi connectivity index (χ2n) is 4.73. The predicted molar refractivity (Wildman–Crippen MR) is 84.2 cm³/mol. The van der Waals surface area contributed by atoms with Gasteiger partial charge < -0.3 is 20.1 Å². The van der Waals surface area contributed by atoms with E-state index >= 15 is 0 Å². The summed E-state index contributed by atoms with van der Waals surface area (Å²) in [6, 6.07) is 4.65. The Morgan fingerprint density at radius 3 is 2.64 bits per heavy atom. The van der Waals surface area contributed by atoms with Crippen LogP contribution in [0.4, 0.5) is 5.69 Å². The van der Waals surface area contributed by atoms with Gasteiger partial charge in [0.2, 0.25) is 0 Å².